The lowest BCUT2D eigenvalue weighted by molar-refractivity contribution is -0.192. The highest BCUT2D eigenvalue weighted by atomic mass is 19.4. The summed E-state index contributed by atoms with van der Waals surface area (Å²) in [5.41, 5.74) is 6.08. The monoisotopic (exact) mass is 811 g/mol. The molecule has 2 heterocycles. The first-order valence-electron chi connectivity index (χ1n) is 20.6. The number of halogens is 3. The molecule has 0 radical (unpaired) electrons. The molecule has 2 N–H and O–H groups in total. The van der Waals surface area contributed by atoms with Gasteiger partial charge in [0.05, 0.1) is 7.11 Å². The number of rotatable bonds is 15. The van der Waals surface area contributed by atoms with Gasteiger partial charge in [0, 0.05) is 37.8 Å². The maximum atomic E-state index is 13.7. The molecule has 0 aliphatic carbocycles. The van der Waals surface area contributed by atoms with Crippen LogP contribution >= 0.6 is 0 Å². The Bertz CT molecular complexity index is 1950. The van der Waals surface area contributed by atoms with Crippen molar-refractivity contribution in [3.63, 3.8) is 0 Å². The van der Waals surface area contributed by atoms with E-state index in [-0.39, 0.29) is 11.8 Å². The molecule has 6 rings (SSSR count). The van der Waals surface area contributed by atoms with Crippen molar-refractivity contribution < 1.29 is 37.4 Å². The fraction of sp³-hybridized carbons (Fsp3) is 0.396. The van der Waals surface area contributed by atoms with Crippen LogP contribution in [0.3, 0.4) is 0 Å². The number of carbonyl (C=O) groups excluding carboxylic acids is 2. The number of ether oxygens (including phenoxy) is 1. The van der Waals surface area contributed by atoms with Crippen LogP contribution in [-0.4, -0.2) is 78.7 Å². The number of aliphatic carboxylic acids is 1. The summed E-state index contributed by atoms with van der Waals surface area (Å²) in [6, 6.07) is 34.5. The number of nitrogens with zero attached hydrogens (tertiary/aromatic N) is 2. The number of nitrogens with one attached hydrogen (secondary N) is 1. The Morgan fingerprint density at radius 3 is 2.05 bits per heavy atom. The second-order valence-electron chi connectivity index (χ2n) is 15.4. The van der Waals surface area contributed by atoms with Crippen molar-refractivity contribution in [3.05, 3.63) is 131 Å². The molecule has 11 heteroatoms. The number of hydrogen-bond donors (Lipinski definition) is 2. The highest BCUT2D eigenvalue weighted by molar-refractivity contribution is 5.95. The minimum Gasteiger partial charge on any atom is -0.497 e. The van der Waals surface area contributed by atoms with Crippen LogP contribution in [0.2, 0.25) is 0 Å². The molecule has 2 aliphatic rings. The average Bonchev–Trinajstić information content (AvgIpc) is 3.26. The van der Waals surface area contributed by atoms with Gasteiger partial charge in [-0.2, -0.15) is 13.2 Å². The summed E-state index contributed by atoms with van der Waals surface area (Å²) in [6.07, 6.45) is 9.07. The van der Waals surface area contributed by atoms with E-state index in [1.807, 2.05) is 59.5 Å². The first kappa shape index (κ1) is 44.7. The number of alkyl halides is 3. The Morgan fingerprint density at radius 2 is 1.41 bits per heavy atom. The standard InChI is InChI=1S/C46H55N3O3.C2HF3O2/c1-52-44-21-18-39(19-22-44)20-23-45(50)49(30-8-14-36-9-3-2-4-10-36)35-40-13-6-15-41(33-40)42-16-7-17-43(34-42)46(51)48-31-26-38(27-32-48)12-5-11-37-24-28-47-29-25-37;3-2(4,5)1(6)7/h2-4,6-7,9-10,13,15-23,33-34,37-38,47H,5,8,11-12,14,24-32,35H2,1H3;(H,6,7)/b23-20+;. The van der Waals surface area contributed by atoms with E-state index in [2.05, 4.69) is 64.8 Å². The van der Waals surface area contributed by atoms with Gasteiger partial charge in [-0.15, -0.1) is 0 Å². The SMILES string of the molecule is COc1ccc(/C=C/C(=O)N(CCCc2ccccc2)Cc2cccc(-c3cccc(C(=O)N4CCC(CCCC5CCNCC5)CC4)c3)c2)cc1.O=C(O)C(F)(F)F. The number of carbonyl (C=O) groups is 3. The summed E-state index contributed by atoms with van der Waals surface area (Å²) < 4.78 is 37.0. The lowest BCUT2D eigenvalue weighted by atomic mass is 9.87. The Labute approximate surface area is 346 Å². The number of carboxylic acid groups (broad SMARTS) is 1. The normalized spacial score (nSPS) is 15.0. The van der Waals surface area contributed by atoms with E-state index in [1.54, 1.807) is 13.2 Å². The molecule has 8 nitrogen and oxygen atoms in total. The van der Waals surface area contributed by atoms with Gasteiger partial charge in [0.15, 0.2) is 0 Å². The third kappa shape index (κ3) is 14.7. The zero-order valence-corrected chi connectivity index (χ0v) is 33.8. The largest absolute Gasteiger partial charge is 0.497 e. The van der Waals surface area contributed by atoms with E-state index < -0.39 is 12.1 Å². The molecule has 0 spiro atoms. The van der Waals surface area contributed by atoms with Crippen LogP contribution in [0.5, 0.6) is 5.75 Å². The molecule has 0 aromatic heterocycles. The third-order valence-corrected chi connectivity index (χ3v) is 11.2. The smallest absolute Gasteiger partial charge is 0.490 e. The highest BCUT2D eigenvalue weighted by Crippen LogP contribution is 2.28. The molecule has 0 atom stereocenters. The molecular weight excluding hydrogens is 756 g/mol. The van der Waals surface area contributed by atoms with Crippen molar-refractivity contribution in [1.82, 2.24) is 15.1 Å². The highest BCUT2D eigenvalue weighted by Gasteiger charge is 2.38. The summed E-state index contributed by atoms with van der Waals surface area (Å²) in [5, 5.41) is 10.6. The zero-order valence-electron chi connectivity index (χ0n) is 33.8. The van der Waals surface area contributed by atoms with E-state index in [1.165, 1.54) is 50.8 Å². The molecule has 0 saturated carbocycles. The van der Waals surface area contributed by atoms with E-state index in [9.17, 15) is 22.8 Å². The number of carboxylic acids is 1. The van der Waals surface area contributed by atoms with E-state index in [0.29, 0.717) is 13.1 Å². The lowest BCUT2D eigenvalue weighted by Gasteiger charge is -2.32. The Kier molecular flexibility index (Phi) is 17.2. The molecular formula is C48H56F3N3O5. The maximum absolute atomic E-state index is 13.7. The van der Waals surface area contributed by atoms with Gasteiger partial charge < -0.3 is 25.0 Å². The fourth-order valence-corrected chi connectivity index (χ4v) is 7.75. The molecule has 0 unspecified atom stereocenters. The number of benzene rings is 4. The van der Waals surface area contributed by atoms with E-state index in [0.717, 1.165) is 84.2 Å². The van der Waals surface area contributed by atoms with E-state index in [4.69, 9.17) is 14.6 Å². The molecule has 0 bridgehead atoms. The number of aryl methyl sites for hydroxylation is 1. The zero-order chi connectivity index (χ0) is 42.0. The molecule has 2 amide bonds. The van der Waals surface area contributed by atoms with Gasteiger partial charge in [-0.05, 0) is 128 Å². The summed E-state index contributed by atoms with van der Waals surface area (Å²) in [6.45, 7) is 5.19. The Morgan fingerprint density at radius 1 is 0.797 bits per heavy atom. The van der Waals surface area contributed by atoms with Crippen molar-refractivity contribution in [3.8, 4) is 16.9 Å². The van der Waals surface area contributed by atoms with Crippen molar-refractivity contribution >= 4 is 23.9 Å². The van der Waals surface area contributed by atoms with E-state index >= 15 is 0 Å². The number of hydrogen-bond acceptors (Lipinski definition) is 5. The number of likely N-dealkylation sites (tertiary alicyclic amines) is 1. The van der Waals surface area contributed by atoms with Crippen LogP contribution in [0.1, 0.15) is 78.4 Å². The predicted molar refractivity (Wildman–Crippen MR) is 226 cm³/mol. The average molecular weight is 812 g/mol. The van der Waals surface area contributed by atoms with Gasteiger partial charge in [0.25, 0.3) is 5.91 Å². The second-order valence-corrected chi connectivity index (χ2v) is 15.4. The quantitative estimate of drug-likeness (QED) is 0.116. The van der Waals surface area contributed by atoms with Crippen LogP contribution in [0.4, 0.5) is 13.2 Å². The molecule has 4 aromatic rings. The van der Waals surface area contributed by atoms with Crippen LogP contribution in [-0.2, 0) is 22.6 Å². The predicted octanol–water partition coefficient (Wildman–Crippen LogP) is 9.69. The fourth-order valence-electron chi connectivity index (χ4n) is 7.75. The van der Waals surface area contributed by atoms with Crippen molar-refractivity contribution in [2.24, 2.45) is 11.8 Å². The molecule has 2 saturated heterocycles. The molecule has 314 valence electrons. The van der Waals surface area contributed by atoms with Gasteiger partial charge in [-0.25, -0.2) is 4.79 Å². The van der Waals surface area contributed by atoms with Crippen molar-refractivity contribution in [1.29, 1.82) is 0 Å². The third-order valence-electron chi connectivity index (χ3n) is 11.2. The van der Waals surface area contributed by atoms with Crippen LogP contribution in [0.25, 0.3) is 17.2 Å². The van der Waals surface area contributed by atoms with Crippen molar-refractivity contribution in [2.75, 3.05) is 39.8 Å². The molecule has 2 fully saturated rings. The lowest BCUT2D eigenvalue weighted by Crippen LogP contribution is -2.38. The number of piperidine rings is 2. The van der Waals surface area contributed by atoms with Gasteiger partial charge in [-0.3, -0.25) is 9.59 Å². The maximum Gasteiger partial charge on any atom is 0.490 e. The summed E-state index contributed by atoms with van der Waals surface area (Å²) in [5.74, 6) is -0.225. The first-order valence-corrected chi connectivity index (χ1v) is 20.6. The second kappa shape index (κ2) is 22.7. The summed E-state index contributed by atoms with van der Waals surface area (Å²) in [7, 11) is 1.65. The molecule has 59 heavy (non-hydrogen) atoms. The number of methoxy groups -OCH3 is 1. The van der Waals surface area contributed by atoms with Gasteiger partial charge in [0.1, 0.15) is 5.75 Å². The van der Waals surface area contributed by atoms with Gasteiger partial charge in [-0.1, -0.05) is 92.1 Å². The summed E-state index contributed by atoms with van der Waals surface area (Å²) in [4.78, 5) is 40.2. The topological polar surface area (TPSA) is 99.2 Å². The molecule has 4 aromatic carbocycles. The number of amides is 2. The Hall–Kier alpha value is -5.42. The Balaban J connectivity index is 0.000000867. The molecule has 2 aliphatic heterocycles. The summed E-state index contributed by atoms with van der Waals surface area (Å²) >= 11 is 0. The van der Waals surface area contributed by atoms with Crippen molar-refractivity contribution in [2.45, 2.75) is 70.5 Å². The van der Waals surface area contributed by atoms with Crippen LogP contribution in [0.15, 0.2) is 109 Å². The first-order chi connectivity index (χ1) is 28.5. The minimum atomic E-state index is -5.08. The van der Waals surface area contributed by atoms with Gasteiger partial charge >= 0.3 is 12.1 Å². The van der Waals surface area contributed by atoms with Crippen LogP contribution in [0, 0.1) is 11.8 Å². The van der Waals surface area contributed by atoms with Gasteiger partial charge in [0.2, 0.25) is 5.91 Å². The minimum absolute atomic E-state index is 0.0209. The van der Waals surface area contributed by atoms with Crippen LogP contribution < -0.4 is 10.1 Å².